The monoisotopic (exact) mass is 440 g/mol. The summed E-state index contributed by atoms with van der Waals surface area (Å²) in [7, 11) is 0. The normalized spacial score (nSPS) is 13.1. The zero-order valence-corrected chi connectivity index (χ0v) is 21.0. The van der Waals surface area contributed by atoms with Gasteiger partial charge in [-0.05, 0) is 25.7 Å². The van der Waals surface area contributed by atoms with Gasteiger partial charge in [0, 0.05) is 0 Å². The quantitative estimate of drug-likeness (QED) is 0.0983. The van der Waals surface area contributed by atoms with Gasteiger partial charge >= 0.3 is 11.9 Å². The van der Waals surface area contributed by atoms with Crippen LogP contribution in [0.1, 0.15) is 149 Å². The Balaban J connectivity index is 3.78. The predicted molar refractivity (Wildman–Crippen MR) is 130 cm³/mol. The van der Waals surface area contributed by atoms with Crippen molar-refractivity contribution < 1.29 is 19.4 Å². The van der Waals surface area contributed by atoms with Crippen LogP contribution in [-0.4, -0.2) is 23.1 Å². The van der Waals surface area contributed by atoms with Crippen LogP contribution in [0, 0.1) is 5.92 Å². The van der Waals surface area contributed by atoms with Crippen molar-refractivity contribution in [2.45, 2.75) is 155 Å². The van der Waals surface area contributed by atoms with Crippen LogP contribution in [0.25, 0.3) is 0 Å². The number of carboxylic acid groups (broad SMARTS) is 1. The second kappa shape index (κ2) is 22.1. The molecule has 0 spiro atoms. The second-order valence-corrected chi connectivity index (χ2v) is 9.24. The van der Waals surface area contributed by atoms with Crippen molar-refractivity contribution in [1.82, 2.24) is 0 Å². The van der Waals surface area contributed by atoms with E-state index in [0.29, 0.717) is 6.42 Å². The maximum absolute atomic E-state index is 12.3. The van der Waals surface area contributed by atoms with Crippen LogP contribution in [0.5, 0.6) is 0 Å². The summed E-state index contributed by atoms with van der Waals surface area (Å²) < 4.78 is 5.52. The van der Waals surface area contributed by atoms with E-state index in [0.717, 1.165) is 51.4 Å². The smallest absolute Gasteiger partial charge is 0.320 e. The maximum atomic E-state index is 12.3. The topological polar surface area (TPSA) is 63.6 Å². The van der Waals surface area contributed by atoms with E-state index in [-0.39, 0.29) is 6.10 Å². The largest absolute Gasteiger partial charge is 0.481 e. The molecule has 0 aliphatic carbocycles. The molecule has 0 amide bonds. The molecule has 0 aliphatic rings. The summed E-state index contributed by atoms with van der Waals surface area (Å²) in [6, 6.07) is 0. The van der Waals surface area contributed by atoms with Crippen molar-refractivity contribution in [1.29, 1.82) is 0 Å². The lowest BCUT2D eigenvalue weighted by atomic mass is 9.99. The molecule has 0 rings (SSSR count). The van der Waals surface area contributed by atoms with E-state index in [1.54, 1.807) is 0 Å². The van der Waals surface area contributed by atoms with Gasteiger partial charge in [0.25, 0.3) is 0 Å². The molecular formula is C27H52O4. The number of hydrogen-bond donors (Lipinski definition) is 1. The first-order valence-corrected chi connectivity index (χ1v) is 13.5. The van der Waals surface area contributed by atoms with Crippen LogP contribution in [0.2, 0.25) is 0 Å². The number of carbonyl (C=O) groups is 2. The third kappa shape index (κ3) is 18.2. The molecule has 2 unspecified atom stereocenters. The maximum Gasteiger partial charge on any atom is 0.320 e. The lowest BCUT2D eigenvalue weighted by molar-refractivity contribution is -0.163. The Labute approximate surface area is 192 Å². The SMILES string of the molecule is CCCCCCCCCCCCCCCCC(C(=O)O)C(=O)OC(CC)CCCCC. The molecule has 4 heteroatoms. The van der Waals surface area contributed by atoms with Crippen molar-refractivity contribution in [3.63, 3.8) is 0 Å². The van der Waals surface area contributed by atoms with E-state index in [1.165, 1.54) is 70.6 Å². The van der Waals surface area contributed by atoms with Gasteiger partial charge in [-0.2, -0.15) is 0 Å². The molecular weight excluding hydrogens is 388 g/mol. The van der Waals surface area contributed by atoms with Gasteiger partial charge in [0.1, 0.15) is 6.10 Å². The first kappa shape index (κ1) is 29.9. The van der Waals surface area contributed by atoms with Crippen LogP contribution in [-0.2, 0) is 14.3 Å². The van der Waals surface area contributed by atoms with E-state index in [1.807, 2.05) is 6.92 Å². The molecule has 0 fully saturated rings. The Morgan fingerprint density at radius 3 is 1.42 bits per heavy atom. The molecule has 31 heavy (non-hydrogen) atoms. The number of ether oxygens (including phenoxy) is 1. The summed E-state index contributed by atoms with van der Waals surface area (Å²) in [5.74, 6) is -2.58. The molecule has 2 atom stereocenters. The molecule has 0 aromatic heterocycles. The van der Waals surface area contributed by atoms with Gasteiger partial charge < -0.3 is 9.84 Å². The number of rotatable bonds is 23. The van der Waals surface area contributed by atoms with Crippen LogP contribution >= 0.6 is 0 Å². The van der Waals surface area contributed by atoms with Crippen LogP contribution in [0.15, 0.2) is 0 Å². The van der Waals surface area contributed by atoms with Gasteiger partial charge in [-0.15, -0.1) is 0 Å². The fraction of sp³-hybridized carbons (Fsp3) is 0.926. The average Bonchev–Trinajstić information content (AvgIpc) is 2.75. The number of aliphatic carboxylic acids is 1. The number of esters is 1. The highest BCUT2D eigenvalue weighted by atomic mass is 16.5. The molecule has 0 aliphatic heterocycles. The lowest BCUT2D eigenvalue weighted by Crippen LogP contribution is -2.29. The highest BCUT2D eigenvalue weighted by molar-refractivity contribution is 5.93. The summed E-state index contributed by atoms with van der Waals surface area (Å²) in [6.45, 7) is 6.40. The molecule has 0 saturated carbocycles. The molecule has 0 saturated heterocycles. The Bertz CT molecular complexity index is 421. The Morgan fingerprint density at radius 2 is 1.00 bits per heavy atom. The van der Waals surface area contributed by atoms with Gasteiger partial charge in [-0.3, -0.25) is 9.59 Å². The van der Waals surface area contributed by atoms with Gasteiger partial charge in [-0.1, -0.05) is 124 Å². The fourth-order valence-electron chi connectivity index (χ4n) is 4.10. The highest BCUT2D eigenvalue weighted by Crippen LogP contribution is 2.18. The number of hydrogen-bond acceptors (Lipinski definition) is 3. The zero-order valence-electron chi connectivity index (χ0n) is 21.0. The molecule has 0 heterocycles. The van der Waals surface area contributed by atoms with Crippen LogP contribution in [0.3, 0.4) is 0 Å². The third-order valence-corrected chi connectivity index (χ3v) is 6.30. The predicted octanol–water partition coefficient (Wildman–Crippen LogP) is 8.46. The van der Waals surface area contributed by atoms with E-state index >= 15 is 0 Å². The average molecular weight is 441 g/mol. The standard InChI is InChI=1S/C27H52O4/c1-4-7-9-10-11-12-13-14-15-16-17-18-19-21-23-25(26(28)29)27(30)31-24(6-3)22-20-8-5-2/h24-25H,4-23H2,1-3H3,(H,28,29). The molecule has 0 aromatic rings. The number of carboxylic acids is 1. The minimum atomic E-state index is -1.04. The van der Waals surface area contributed by atoms with E-state index < -0.39 is 17.9 Å². The highest BCUT2D eigenvalue weighted by Gasteiger charge is 2.29. The van der Waals surface area contributed by atoms with Crippen molar-refractivity contribution in [2.75, 3.05) is 0 Å². The van der Waals surface area contributed by atoms with Crippen molar-refractivity contribution >= 4 is 11.9 Å². The number of carbonyl (C=O) groups excluding carboxylic acids is 1. The Kier molecular flexibility index (Phi) is 21.4. The van der Waals surface area contributed by atoms with E-state index in [4.69, 9.17) is 4.74 Å². The second-order valence-electron chi connectivity index (χ2n) is 9.24. The minimum absolute atomic E-state index is 0.141. The van der Waals surface area contributed by atoms with Gasteiger partial charge in [0.05, 0.1) is 0 Å². The fourth-order valence-corrected chi connectivity index (χ4v) is 4.10. The summed E-state index contributed by atoms with van der Waals surface area (Å²) in [5.41, 5.74) is 0. The third-order valence-electron chi connectivity index (χ3n) is 6.30. The first-order chi connectivity index (χ1) is 15.1. The van der Waals surface area contributed by atoms with Gasteiger partial charge in [-0.25, -0.2) is 0 Å². The number of unbranched alkanes of at least 4 members (excludes halogenated alkanes) is 15. The van der Waals surface area contributed by atoms with Crippen molar-refractivity contribution in [2.24, 2.45) is 5.92 Å². The van der Waals surface area contributed by atoms with Crippen LogP contribution in [0.4, 0.5) is 0 Å². The van der Waals surface area contributed by atoms with E-state index in [2.05, 4.69) is 13.8 Å². The van der Waals surface area contributed by atoms with Gasteiger partial charge in [0.15, 0.2) is 5.92 Å². The molecule has 184 valence electrons. The van der Waals surface area contributed by atoms with Crippen LogP contribution < -0.4 is 0 Å². The molecule has 0 bridgehead atoms. The van der Waals surface area contributed by atoms with E-state index in [9.17, 15) is 14.7 Å². The minimum Gasteiger partial charge on any atom is -0.481 e. The molecule has 0 radical (unpaired) electrons. The lowest BCUT2D eigenvalue weighted by Gasteiger charge is -2.19. The zero-order chi connectivity index (χ0) is 23.2. The summed E-state index contributed by atoms with van der Waals surface area (Å²) in [6.07, 6.45) is 22.8. The molecule has 1 N–H and O–H groups in total. The van der Waals surface area contributed by atoms with Crippen molar-refractivity contribution in [3.8, 4) is 0 Å². The van der Waals surface area contributed by atoms with Gasteiger partial charge in [0.2, 0.25) is 0 Å². The summed E-state index contributed by atoms with van der Waals surface area (Å²) >= 11 is 0. The van der Waals surface area contributed by atoms with Crippen molar-refractivity contribution in [3.05, 3.63) is 0 Å². The molecule has 4 nitrogen and oxygen atoms in total. The summed E-state index contributed by atoms with van der Waals surface area (Å²) in [5, 5.41) is 9.45. The Hall–Kier alpha value is -1.06. The summed E-state index contributed by atoms with van der Waals surface area (Å²) in [4.78, 5) is 23.9. The molecule has 0 aromatic carbocycles. The first-order valence-electron chi connectivity index (χ1n) is 13.5. The Morgan fingerprint density at radius 1 is 0.613 bits per heavy atom.